The van der Waals surface area contributed by atoms with Crippen LogP contribution in [-0.4, -0.2) is 83.3 Å². The minimum atomic E-state index is -1.25. The number of aliphatic hydroxyl groups excluding tert-OH is 1. The third-order valence-corrected chi connectivity index (χ3v) is 8.12. The second kappa shape index (κ2) is 10.4. The van der Waals surface area contributed by atoms with Crippen molar-refractivity contribution in [3.05, 3.63) is 49.6 Å². The van der Waals surface area contributed by atoms with Crippen LogP contribution in [0.15, 0.2) is 49.6 Å². The Morgan fingerprint density at radius 2 is 2.03 bits per heavy atom. The van der Waals surface area contributed by atoms with Crippen molar-refractivity contribution in [3.8, 4) is 5.75 Å². The standard InChI is InChI=1S/C26H31BrN2O7/c1-5-11-28(16-7-9-17(34-4)10-8-16)24(32)22-26-13-18(27)21(36-26)19(25(33)35-12-6-2)20(26)23(31)29(22)15(3)14-30/h5-10,15,18-22,30H,1-2,11-14H2,3-4H3/t15-,18?,19+,20+,21+,22?,26?/m1/s1. The van der Waals surface area contributed by atoms with Crippen LogP contribution in [0.1, 0.15) is 13.3 Å². The fourth-order valence-electron chi connectivity index (χ4n) is 5.78. The number of hydrogen-bond donors (Lipinski definition) is 1. The van der Waals surface area contributed by atoms with E-state index in [1.165, 1.54) is 15.9 Å². The minimum Gasteiger partial charge on any atom is -0.497 e. The number of rotatable bonds is 10. The average Bonchev–Trinajstić information content (AvgIpc) is 3.48. The lowest BCUT2D eigenvalue weighted by Gasteiger charge is -2.38. The van der Waals surface area contributed by atoms with Crippen LogP contribution in [0.2, 0.25) is 0 Å². The number of carbonyl (C=O) groups excluding carboxylic acids is 3. The number of esters is 1. The molecule has 0 saturated carbocycles. The number of hydrogen-bond acceptors (Lipinski definition) is 7. The van der Waals surface area contributed by atoms with E-state index >= 15 is 0 Å². The van der Waals surface area contributed by atoms with E-state index in [9.17, 15) is 19.5 Å². The van der Waals surface area contributed by atoms with E-state index in [0.29, 0.717) is 17.9 Å². The Hall–Kier alpha value is -2.69. The van der Waals surface area contributed by atoms with Crippen LogP contribution >= 0.6 is 15.9 Å². The van der Waals surface area contributed by atoms with Crippen LogP contribution in [0, 0.1) is 11.8 Å². The highest BCUT2D eigenvalue weighted by molar-refractivity contribution is 9.09. The molecular formula is C26H31BrN2O7. The molecule has 0 aliphatic carbocycles. The van der Waals surface area contributed by atoms with Crippen LogP contribution < -0.4 is 9.64 Å². The van der Waals surface area contributed by atoms with Gasteiger partial charge in [0.15, 0.2) is 0 Å². The Balaban J connectivity index is 1.79. The highest BCUT2D eigenvalue weighted by Gasteiger charge is 2.77. The maximum atomic E-state index is 14.3. The summed E-state index contributed by atoms with van der Waals surface area (Å²) in [5, 5.41) is 10.0. The Kier molecular flexibility index (Phi) is 7.59. The second-order valence-electron chi connectivity index (χ2n) is 9.29. The fourth-order valence-corrected chi connectivity index (χ4v) is 6.72. The lowest BCUT2D eigenvalue weighted by molar-refractivity contribution is -0.154. The number of likely N-dealkylation sites (tertiary alicyclic amines) is 1. The number of fused-ring (bicyclic) bond motifs is 1. The van der Waals surface area contributed by atoms with Crippen LogP contribution in [0.3, 0.4) is 0 Å². The quantitative estimate of drug-likeness (QED) is 0.264. The zero-order valence-corrected chi connectivity index (χ0v) is 21.9. The highest BCUT2D eigenvalue weighted by atomic mass is 79.9. The molecule has 1 aromatic carbocycles. The number of anilines is 1. The zero-order valence-electron chi connectivity index (χ0n) is 20.3. The molecule has 194 valence electrons. The minimum absolute atomic E-state index is 0.00656. The summed E-state index contributed by atoms with van der Waals surface area (Å²) in [6.07, 6.45) is 2.79. The molecule has 2 amide bonds. The lowest BCUT2D eigenvalue weighted by Crippen LogP contribution is -2.58. The Morgan fingerprint density at radius 3 is 2.61 bits per heavy atom. The number of aliphatic hydroxyl groups is 1. The number of benzene rings is 1. The fraction of sp³-hybridized carbons (Fsp3) is 0.500. The summed E-state index contributed by atoms with van der Waals surface area (Å²) < 4.78 is 17.0. The van der Waals surface area contributed by atoms with Crippen LogP contribution in [0.5, 0.6) is 5.75 Å². The van der Waals surface area contributed by atoms with Gasteiger partial charge in [-0.2, -0.15) is 0 Å². The van der Waals surface area contributed by atoms with Crippen molar-refractivity contribution in [2.75, 3.05) is 31.8 Å². The van der Waals surface area contributed by atoms with Gasteiger partial charge in [-0.05, 0) is 37.6 Å². The molecule has 3 heterocycles. The summed E-state index contributed by atoms with van der Waals surface area (Å²) >= 11 is 3.62. The summed E-state index contributed by atoms with van der Waals surface area (Å²) in [7, 11) is 1.56. The number of nitrogens with zero attached hydrogens (tertiary/aromatic N) is 2. The first kappa shape index (κ1) is 26.4. The number of halogens is 1. The van der Waals surface area contributed by atoms with Gasteiger partial charge in [0.2, 0.25) is 5.91 Å². The van der Waals surface area contributed by atoms with Crippen molar-refractivity contribution >= 4 is 39.4 Å². The summed E-state index contributed by atoms with van der Waals surface area (Å²) in [5.41, 5.74) is -0.658. The molecule has 1 spiro atoms. The molecule has 9 nitrogen and oxygen atoms in total. The van der Waals surface area contributed by atoms with E-state index in [1.54, 1.807) is 44.4 Å². The summed E-state index contributed by atoms with van der Waals surface area (Å²) in [4.78, 5) is 43.9. The summed E-state index contributed by atoms with van der Waals surface area (Å²) in [6.45, 7) is 8.88. The van der Waals surface area contributed by atoms with E-state index in [-0.39, 0.29) is 30.5 Å². The van der Waals surface area contributed by atoms with Crippen molar-refractivity contribution in [1.29, 1.82) is 0 Å². The second-order valence-corrected chi connectivity index (χ2v) is 10.5. The number of methoxy groups -OCH3 is 1. The number of ether oxygens (including phenoxy) is 3. The zero-order chi connectivity index (χ0) is 26.2. The molecule has 3 aliphatic heterocycles. The van der Waals surface area contributed by atoms with E-state index < -0.39 is 47.5 Å². The molecule has 36 heavy (non-hydrogen) atoms. The van der Waals surface area contributed by atoms with Gasteiger partial charge in [-0.25, -0.2) is 0 Å². The molecular weight excluding hydrogens is 532 g/mol. The van der Waals surface area contributed by atoms with E-state index in [0.717, 1.165) is 0 Å². The van der Waals surface area contributed by atoms with Crippen molar-refractivity contribution in [2.45, 2.75) is 42.0 Å². The molecule has 3 unspecified atom stereocenters. The first-order valence-electron chi connectivity index (χ1n) is 11.8. The van der Waals surface area contributed by atoms with Gasteiger partial charge in [0.25, 0.3) is 5.91 Å². The largest absolute Gasteiger partial charge is 0.497 e. The van der Waals surface area contributed by atoms with E-state index in [1.807, 2.05) is 0 Å². The van der Waals surface area contributed by atoms with Gasteiger partial charge in [-0.3, -0.25) is 14.4 Å². The number of carbonyl (C=O) groups is 3. The molecule has 10 heteroatoms. The summed E-state index contributed by atoms with van der Waals surface area (Å²) in [6, 6.07) is 5.26. The smallest absolute Gasteiger partial charge is 0.312 e. The third kappa shape index (κ3) is 4.05. The lowest BCUT2D eigenvalue weighted by atomic mass is 9.70. The van der Waals surface area contributed by atoms with Gasteiger partial charge in [0.05, 0.1) is 37.7 Å². The first-order valence-corrected chi connectivity index (χ1v) is 12.8. The average molecular weight is 563 g/mol. The normalized spacial score (nSPS) is 31.1. The van der Waals surface area contributed by atoms with Gasteiger partial charge in [-0.1, -0.05) is 34.7 Å². The predicted octanol–water partition coefficient (Wildman–Crippen LogP) is 2.07. The first-order chi connectivity index (χ1) is 17.2. The van der Waals surface area contributed by atoms with Crippen molar-refractivity contribution in [3.63, 3.8) is 0 Å². The van der Waals surface area contributed by atoms with Gasteiger partial charge >= 0.3 is 5.97 Å². The summed E-state index contributed by atoms with van der Waals surface area (Å²) in [5.74, 6) is -2.49. The molecule has 3 saturated heterocycles. The Labute approximate surface area is 218 Å². The maximum absolute atomic E-state index is 14.3. The molecule has 4 rings (SSSR count). The van der Waals surface area contributed by atoms with Crippen molar-refractivity contribution in [1.82, 2.24) is 4.90 Å². The third-order valence-electron chi connectivity index (χ3n) is 7.28. The van der Waals surface area contributed by atoms with Crippen LogP contribution in [-0.2, 0) is 23.9 Å². The Morgan fingerprint density at radius 1 is 1.33 bits per heavy atom. The van der Waals surface area contributed by atoms with Crippen LogP contribution in [0.4, 0.5) is 5.69 Å². The molecule has 0 radical (unpaired) electrons. The monoisotopic (exact) mass is 562 g/mol. The molecule has 3 aliphatic rings. The molecule has 3 fully saturated rings. The molecule has 7 atom stereocenters. The van der Waals surface area contributed by atoms with E-state index in [4.69, 9.17) is 14.2 Å². The highest BCUT2D eigenvalue weighted by Crippen LogP contribution is 2.60. The number of amides is 2. The molecule has 2 bridgehead atoms. The van der Waals surface area contributed by atoms with Gasteiger partial charge in [-0.15, -0.1) is 6.58 Å². The van der Waals surface area contributed by atoms with Crippen molar-refractivity contribution in [2.24, 2.45) is 11.8 Å². The van der Waals surface area contributed by atoms with E-state index in [2.05, 4.69) is 29.1 Å². The van der Waals surface area contributed by atoms with Gasteiger partial charge in [0.1, 0.15) is 24.0 Å². The molecule has 0 aromatic heterocycles. The topological polar surface area (TPSA) is 106 Å². The Bertz CT molecular complexity index is 1050. The van der Waals surface area contributed by atoms with Crippen LogP contribution in [0.25, 0.3) is 0 Å². The molecule has 1 N–H and O–H groups in total. The van der Waals surface area contributed by atoms with Gasteiger partial charge < -0.3 is 29.1 Å². The SMILES string of the molecule is C=CCOC(=O)[C@H]1[C@H]2C(=O)N([C@H](C)CO)C(C(=O)N(CC=C)c3ccc(OC)cc3)C23CC(Br)[C@@H]1O3. The maximum Gasteiger partial charge on any atom is 0.312 e. The molecule has 1 aromatic rings. The van der Waals surface area contributed by atoms with Crippen molar-refractivity contribution < 1.29 is 33.7 Å². The number of alkyl halides is 1. The predicted molar refractivity (Wildman–Crippen MR) is 136 cm³/mol. The van der Waals surface area contributed by atoms with Gasteiger partial charge in [0, 0.05) is 17.1 Å².